The molecule has 0 aliphatic carbocycles. The molecule has 0 aromatic carbocycles. The Morgan fingerprint density at radius 3 is 3.20 bits per heavy atom. The molecule has 1 aromatic heterocycles. The van der Waals surface area contributed by atoms with E-state index in [2.05, 4.69) is 4.98 Å². The summed E-state index contributed by atoms with van der Waals surface area (Å²) in [4.78, 5) is 15.3. The molecule has 2 rings (SSSR count). The van der Waals surface area contributed by atoms with E-state index in [0.717, 1.165) is 12.8 Å². The summed E-state index contributed by atoms with van der Waals surface area (Å²) in [6.07, 6.45) is 2.35. The largest absolute Gasteiger partial charge is 0.458 e. The number of thiazole rings is 1. The van der Waals surface area contributed by atoms with Crippen LogP contribution >= 0.6 is 11.3 Å². The molecule has 2 heterocycles. The summed E-state index contributed by atoms with van der Waals surface area (Å²) in [6.45, 7) is 2.36. The first-order valence-electron chi connectivity index (χ1n) is 4.96. The normalized spacial score (nSPS) is 25.4. The molecule has 0 amide bonds. The van der Waals surface area contributed by atoms with Crippen LogP contribution in [0.4, 0.5) is 0 Å². The molecular formula is C10H13NO3S. The van der Waals surface area contributed by atoms with Gasteiger partial charge in [0.1, 0.15) is 6.61 Å². The number of carbonyl (C=O) groups excluding carboxylic acids is 1. The SMILES string of the molecule is C[C@@H]1CC[C@@H](COC(=O)c2cscn2)O1. The van der Waals surface area contributed by atoms with Gasteiger partial charge in [-0.3, -0.25) is 0 Å². The molecular weight excluding hydrogens is 214 g/mol. The van der Waals surface area contributed by atoms with E-state index in [4.69, 9.17) is 9.47 Å². The van der Waals surface area contributed by atoms with E-state index in [1.54, 1.807) is 10.9 Å². The van der Waals surface area contributed by atoms with E-state index in [0.29, 0.717) is 12.3 Å². The summed E-state index contributed by atoms with van der Waals surface area (Å²) >= 11 is 1.38. The number of hydrogen-bond donors (Lipinski definition) is 0. The monoisotopic (exact) mass is 227 g/mol. The second-order valence-electron chi connectivity index (χ2n) is 3.62. The zero-order valence-electron chi connectivity index (χ0n) is 8.51. The third-order valence-corrected chi connectivity index (χ3v) is 2.95. The highest BCUT2D eigenvalue weighted by Gasteiger charge is 2.23. The van der Waals surface area contributed by atoms with Crippen molar-refractivity contribution in [3.63, 3.8) is 0 Å². The van der Waals surface area contributed by atoms with Gasteiger partial charge in [-0.2, -0.15) is 0 Å². The predicted octanol–water partition coefficient (Wildman–Crippen LogP) is 1.87. The lowest BCUT2D eigenvalue weighted by Crippen LogP contribution is -2.19. The topological polar surface area (TPSA) is 48.4 Å². The van der Waals surface area contributed by atoms with Gasteiger partial charge in [0, 0.05) is 5.38 Å². The molecule has 82 valence electrons. The molecule has 1 aliphatic heterocycles. The highest BCUT2D eigenvalue weighted by Crippen LogP contribution is 2.19. The Morgan fingerprint density at radius 2 is 2.60 bits per heavy atom. The molecule has 1 aliphatic rings. The fourth-order valence-electron chi connectivity index (χ4n) is 1.56. The third-order valence-electron chi connectivity index (χ3n) is 2.36. The molecule has 5 heteroatoms. The summed E-state index contributed by atoms with van der Waals surface area (Å²) in [5.41, 5.74) is 2.00. The first-order valence-corrected chi connectivity index (χ1v) is 5.91. The highest BCUT2D eigenvalue weighted by atomic mass is 32.1. The second kappa shape index (κ2) is 4.72. The Kier molecular flexibility index (Phi) is 3.33. The number of nitrogens with zero attached hydrogens (tertiary/aromatic N) is 1. The van der Waals surface area contributed by atoms with Gasteiger partial charge >= 0.3 is 5.97 Å². The minimum atomic E-state index is -0.362. The van der Waals surface area contributed by atoms with Crippen molar-refractivity contribution in [2.24, 2.45) is 0 Å². The van der Waals surface area contributed by atoms with Crippen molar-refractivity contribution in [3.05, 3.63) is 16.6 Å². The zero-order valence-corrected chi connectivity index (χ0v) is 9.33. The van der Waals surface area contributed by atoms with Crippen LogP contribution in [0.5, 0.6) is 0 Å². The quantitative estimate of drug-likeness (QED) is 0.740. The maximum absolute atomic E-state index is 11.4. The van der Waals surface area contributed by atoms with Gasteiger partial charge in [0.25, 0.3) is 0 Å². The van der Waals surface area contributed by atoms with Crippen LogP contribution in [0.3, 0.4) is 0 Å². The Balaban J connectivity index is 1.76. The lowest BCUT2D eigenvalue weighted by molar-refractivity contribution is -0.00294. The van der Waals surface area contributed by atoms with Crippen LogP contribution in [-0.2, 0) is 9.47 Å². The zero-order chi connectivity index (χ0) is 10.7. The Bertz CT molecular complexity index is 325. The molecule has 15 heavy (non-hydrogen) atoms. The summed E-state index contributed by atoms with van der Waals surface area (Å²) in [6, 6.07) is 0. The lowest BCUT2D eigenvalue weighted by Gasteiger charge is -2.10. The van der Waals surface area contributed by atoms with E-state index < -0.39 is 0 Å². The van der Waals surface area contributed by atoms with Crippen LogP contribution in [-0.4, -0.2) is 29.8 Å². The van der Waals surface area contributed by atoms with Crippen molar-refractivity contribution in [3.8, 4) is 0 Å². The molecule has 1 fully saturated rings. The van der Waals surface area contributed by atoms with Crippen LogP contribution in [0.2, 0.25) is 0 Å². The van der Waals surface area contributed by atoms with E-state index in [9.17, 15) is 4.79 Å². The van der Waals surface area contributed by atoms with Crippen LogP contribution < -0.4 is 0 Å². The van der Waals surface area contributed by atoms with Crippen molar-refractivity contribution in [1.82, 2.24) is 4.98 Å². The van der Waals surface area contributed by atoms with E-state index >= 15 is 0 Å². The molecule has 4 nitrogen and oxygen atoms in total. The maximum atomic E-state index is 11.4. The minimum absolute atomic E-state index is 0.0579. The number of esters is 1. The second-order valence-corrected chi connectivity index (χ2v) is 4.34. The Morgan fingerprint density at radius 1 is 1.73 bits per heavy atom. The predicted molar refractivity (Wildman–Crippen MR) is 56.0 cm³/mol. The van der Waals surface area contributed by atoms with Crippen molar-refractivity contribution in [1.29, 1.82) is 0 Å². The van der Waals surface area contributed by atoms with Crippen LogP contribution in [0, 0.1) is 0 Å². The van der Waals surface area contributed by atoms with E-state index in [1.165, 1.54) is 11.3 Å². The molecule has 1 aromatic rings. The molecule has 0 radical (unpaired) electrons. The van der Waals surface area contributed by atoms with Crippen LogP contribution in [0.1, 0.15) is 30.3 Å². The third kappa shape index (κ3) is 2.76. The summed E-state index contributed by atoms with van der Waals surface area (Å²) in [5.74, 6) is -0.362. The summed E-state index contributed by atoms with van der Waals surface area (Å²) in [7, 11) is 0. The van der Waals surface area contributed by atoms with Gasteiger partial charge in [-0.15, -0.1) is 11.3 Å². The number of aromatic nitrogens is 1. The summed E-state index contributed by atoms with van der Waals surface area (Å²) < 4.78 is 10.6. The number of ether oxygens (including phenoxy) is 2. The molecule has 0 bridgehead atoms. The molecule has 2 atom stereocenters. The van der Waals surface area contributed by atoms with Crippen molar-refractivity contribution >= 4 is 17.3 Å². The van der Waals surface area contributed by atoms with E-state index in [-0.39, 0.29) is 18.2 Å². The molecule has 0 N–H and O–H groups in total. The number of hydrogen-bond acceptors (Lipinski definition) is 5. The Labute approximate surface area is 92.2 Å². The average molecular weight is 227 g/mol. The summed E-state index contributed by atoms with van der Waals surface area (Å²) in [5, 5.41) is 1.68. The van der Waals surface area contributed by atoms with Crippen LogP contribution in [0.25, 0.3) is 0 Å². The number of carbonyl (C=O) groups is 1. The molecule has 0 spiro atoms. The van der Waals surface area contributed by atoms with Crippen molar-refractivity contribution in [2.75, 3.05) is 6.61 Å². The fourth-order valence-corrected chi connectivity index (χ4v) is 2.09. The lowest BCUT2D eigenvalue weighted by atomic mass is 10.2. The molecule has 0 unspecified atom stereocenters. The highest BCUT2D eigenvalue weighted by molar-refractivity contribution is 7.07. The van der Waals surface area contributed by atoms with Gasteiger partial charge in [0.05, 0.1) is 17.7 Å². The van der Waals surface area contributed by atoms with Crippen LogP contribution in [0.15, 0.2) is 10.9 Å². The standard InChI is InChI=1S/C10H13NO3S/c1-7-2-3-8(14-7)4-13-10(12)9-5-15-6-11-9/h5-8H,2-4H2,1H3/t7-,8+/m1/s1. The number of rotatable bonds is 3. The first-order chi connectivity index (χ1) is 7.25. The van der Waals surface area contributed by atoms with Gasteiger partial charge in [0.2, 0.25) is 0 Å². The van der Waals surface area contributed by atoms with Gasteiger partial charge in [-0.1, -0.05) is 0 Å². The van der Waals surface area contributed by atoms with Gasteiger partial charge in [0.15, 0.2) is 5.69 Å². The Hall–Kier alpha value is -0.940. The first kappa shape index (κ1) is 10.6. The average Bonchev–Trinajstić information content (AvgIpc) is 2.84. The smallest absolute Gasteiger partial charge is 0.357 e. The van der Waals surface area contributed by atoms with Crippen molar-refractivity contribution < 1.29 is 14.3 Å². The van der Waals surface area contributed by atoms with Gasteiger partial charge in [-0.05, 0) is 19.8 Å². The fraction of sp³-hybridized carbons (Fsp3) is 0.600. The van der Waals surface area contributed by atoms with Gasteiger partial charge < -0.3 is 9.47 Å². The van der Waals surface area contributed by atoms with E-state index in [1.807, 2.05) is 6.92 Å². The van der Waals surface area contributed by atoms with Crippen molar-refractivity contribution in [2.45, 2.75) is 32.0 Å². The maximum Gasteiger partial charge on any atom is 0.357 e. The van der Waals surface area contributed by atoms with Gasteiger partial charge in [-0.25, -0.2) is 9.78 Å². The molecule has 1 saturated heterocycles. The molecule has 0 saturated carbocycles. The minimum Gasteiger partial charge on any atom is -0.458 e.